The van der Waals surface area contributed by atoms with Crippen molar-refractivity contribution in [2.45, 2.75) is 19.3 Å². The van der Waals surface area contributed by atoms with Crippen LogP contribution in [0, 0.1) is 11.3 Å². The third-order valence-corrected chi connectivity index (χ3v) is 5.06. The van der Waals surface area contributed by atoms with Gasteiger partial charge in [0, 0.05) is 13.1 Å². The fourth-order valence-corrected chi connectivity index (χ4v) is 3.82. The number of likely N-dealkylation sites (tertiary alicyclic amines) is 1. The van der Waals surface area contributed by atoms with Crippen molar-refractivity contribution >= 4 is 29.5 Å². The van der Waals surface area contributed by atoms with E-state index in [1.165, 1.54) is 11.8 Å². The molecule has 0 unspecified atom stereocenters. The van der Waals surface area contributed by atoms with Crippen LogP contribution in [0.5, 0.6) is 0 Å². The summed E-state index contributed by atoms with van der Waals surface area (Å²) in [5.74, 6) is -0.942. The van der Waals surface area contributed by atoms with Crippen molar-refractivity contribution in [1.29, 1.82) is 0 Å². The maximum atomic E-state index is 12.0. The zero-order valence-electron chi connectivity index (χ0n) is 10.6. The predicted molar refractivity (Wildman–Crippen MR) is 70.5 cm³/mol. The Morgan fingerprint density at radius 1 is 1.37 bits per heavy atom. The first kappa shape index (κ1) is 14.2. The van der Waals surface area contributed by atoms with Gasteiger partial charge in [0.15, 0.2) is 0 Å². The van der Waals surface area contributed by atoms with Crippen LogP contribution < -0.4 is 5.73 Å². The summed E-state index contributed by atoms with van der Waals surface area (Å²) in [6, 6.07) is 0. The van der Waals surface area contributed by atoms with E-state index in [1.807, 2.05) is 0 Å². The molecule has 0 aromatic rings. The lowest BCUT2D eigenvalue weighted by Gasteiger charge is -2.23. The fourth-order valence-electron chi connectivity index (χ4n) is 3.16. The van der Waals surface area contributed by atoms with Gasteiger partial charge in [-0.25, -0.2) is 0 Å². The number of hydrogen-bond acceptors (Lipinski definition) is 4. The second kappa shape index (κ2) is 5.40. The summed E-state index contributed by atoms with van der Waals surface area (Å²) < 4.78 is 0. The molecule has 6 nitrogen and oxygen atoms in total. The van der Waals surface area contributed by atoms with E-state index in [2.05, 4.69) is 0 Å². The van der Waals surface area contributed by atoms with Crippen molar-refractivity contribution in [3.63, 3.8) is 0 Å². The molecule has 1 saturated heterocycles. The largest absolute Gasteiger partial charge is 0.481 e. The second-order valence-corrected chi connectivity index (χ2v) is 6.27. The topological polar surface area (TPSA) is 101 Å². The minimum Gasteiger partial charge on any atom is -0.481 e. The molecule has 19 heavy (non-hydrogen) atoms. The smallest absolute Gasteiger partial charge is 0.311 e. The zero-order chi connectivity index (χ0) is 14.0. The van der Waals surface area contributed by atoms with Crippen molar-refractivity contribution in [1.82, 2.24) is 4.90 Å². The molecule has 2 amide bonds. The number of aliphatic carboxylic acids is 1. The summed E-state index contributed by atoms with van der Waals surface area (Å²) in [6.45, 7) is 0.839. The summed E-state index contributed by atoms with van der Waals surface area (Å²) in [7, 11) is 0. The highest BCUT2D eigenvalue weighted by Gasteiger charge is 2.55. The number of carboxylic acid groups (broad SMARTS) is 1. The molecule has 1 heterocycles. The van der Waals surface area contributed by atoms with Crippen LogP contribution >= 0.6 is 11.8 Å². The van der Waals surface area contributed by atoms with Gasteiger partial charge in [-0.3, -0.25) is 14.4 Å². The molecule has 3 N–H and O–H groups in total. The molecule has 2 aliphatic rings. The third kappa shape index (κ3) is 2.70. The van der Waals surface area contributed by atoms with Crippen LogP contribution in [-0.2, 0) is 14.4 Å². The van der Waals surface area contributed by atoms with E-state index in [-0.39, 0.29) is 23.3 Å². The van der Waals surface area contributed by atoms with Crippen LogP contribution in [-0.4, -0.2) is 52.4 Å². The van der Waals surface area contributed by atoms with E-state index in [1.54, 1.807) is 4.90 Å². The molecule has 0 radical (unpaired) electrons. The molecule has 1 aliphatic carbocycles. The minimum absolute atomic E-state index is 0.0788. The Hall–Kier alpha value is -1.24. The molecular formula is C12H18N2O4S. The molecule has 2 fully saturated rings. The summed E-state index contributed by atoms with van der Waals surface area (Å²) >= 11 is 1.18. The number of thioether (sulfide) groups is 1. The number of primary amides is 1. The van der Waals surface area contributed by atoms with Crippen molar-refractivity contribution in [2.24, 2.45) is 17.1 Å². The number of hydrogen-bond donors (Lipinski definition) is 2. The molecule has 106 valence electrons. The molecule has 1 aliphatic heterocycles. The van der Waals surface area contributed by atoms with E-state index in [9.17, 15) is 19.5 Å². The van der Waals surface area contributed by atoms with Gasteiger partial charge in [-0.05, 0) is 18.8 Å². The van der Waals surface area contributed by atoms with E-state index < -0.39 is 17.3 Å². The van der Waals surface area contributed by atoms with Gasteiger partial charge >= 0.3 is 5.97 Å². The fraction of sp³-hybridized carbons (Fsp3) is 0.750. The lowest BCUT2D eigenvalue weighted by molar-refractivity contribution is -0.149. The first-order valence-electron chi connectivity index (χ1n) is 6.33. The maximum Gasteiger partial charge on any atom is 0.311 e. The first-order valence-corrected chi connectivity index (χ1v) is 7.48. The van der Waals surface area contributed by atoms with E-state index in [4.69, 9.17) is 5.73 Å². The normalized spacial score (nSPS) is 29.3. The van der Waals surface area contributed by atoms with Gasteiger partial charge < -0.3 is 15.7 Å². The number of amides is 2. The van der Waals surface area contributed by atoms with Gasteiger partial charge in [0.2, 0.25) is 11.8 Å². The molecule has 0 bridgehead atoms. The van der Waals surface area contributed by atoms with Crippen LogP contribution in [0.1, 0.15) is 19.3 Å². The van der Waals surface area contributed by atoms with Gasteiger partial charge in [-0.1, -0.05) is 6.42 Å². The zero-order valence-corrected chi connectivity index (χ0v) is 11.4. The number of nitrogens with zero attached hydrogens (tertiary/aromatic N) is 1. The average Bonchev–Trinajstić information content (AvgIpc) is 2.84. The number of fused-ring (bicyclic) bond motifs is 1. The second-order valence-electron chi connectivity index (χ2n) is 5.28. The Morgan fingerprint density at radius 2 is 2.11 bits per heavy atom. The van der Waals surface area contributed by atoms with Crippen molar-refractivity contribution in [3.05, 3.63) is 0 Å². The predicted octanol–water partition coefficient (Wildman–Crippen LogP) is -0.0818. The van der Waals surface area contributed by atoms with E-state index in [0.29, 0.717) is 19.5 Å². The highest BCUT2D eigenvalue weighted by molar-refractivity contribution is 8.00. The Morgan fingerprint density at radius 3 is 2.68 bits per heavy atom. The molecule has 0 aromatic heterocycles. The number of nitrogens with two attached hydrogens (primary N) is 1. The van der Waals surface area contributed by atoms with Gasteiger partial charge in [0.05, 0.1) is 16.9 Å². The molecule has 2 atom stereocenters. The van der Waals surface area contributed by atoms with Crippen LogP contribution in [0.25, 0.3) is 0 Å². The number of carboxylic acids is 1. The first-order chi connectivity index (χ1) is 8.95. The van der Waals surface area contributed by atoms with Gasteiger partial charge in [-0.2, -0.15) is 0 Å². The Bertz CT molecular complexity index is 415. The quantitative estimate of drug-likeness (QED) is 0.736. The lowest BCUT2D eigenvalue weighted by atomic mass is 9.81. The van der Waals surface area contributed by atoms with Crippen molar-refractivity contribution in [2.75, 3.05) is 24.6 Å². The highest BCUT2D eigenvalue weighted by atomic mass is 32.2. The third-order valence-electron chi connectivity index (χ3n) is 4.12. The summed E-state index contributed by atoms with van der Waals surface area (Å²) in [4.78, 5) is 35.7. The van der Waals surface area contributed by atoms with Crippen LogP contribution in [0.4, 0.5) is 0 Å². The lowest BCUT2D eigenvalue weighted by Crippen LogP contribution is -2.37. The Kier molecular flexibility index (Phi) is 4.03. The highest BCUT2D eigenvalue weighted by Crippen LogP contribution is 2.48. The molecule has 1 saturated carbocycles. The summed E-state index contributed by atoms with van der Waals surface area (Å²) in [5.41, 5.74) is 4.27. The average molecular weight is 286 g/mol. The van der Waals surface area contributed by atoms with Crippen LogP contribution in [0.2, 0.25) is 0 Å². The molecule has 7 heteroatoms. The number of rotatable bonds is 5. The van der Waals surface area contributed by atoms with Crippen LogP contribution in [0.3, 0.4) is 0 Å². The number of carbonyl (C=O) groups excluding carboxylic acids is 2. The Labute approximate surface area is 115 Å². The Balaban J connectivity index is 1.92. The SMILES string of the molecule is NC(=O)CSCC(=O)N1C[C@@H]2CCC[C@@]2(C(=O)O)C1. The molecule has 0 aromatic carbocycles. The maximum absolute atomic E-state index is 12.0. The monoisotopic (exact) mass is 286 g/mol. The summed E-state index contributed by atoms with van der Waals surface area (Å²) in [6.07, 6.45) is 2.46. The van der Waals surface area contributed by atoms with Gasteiger partial charge in [-0.15, -0.1) is 11.8 Å². The van der Waals surface area contributed by atoms with E-state index in [0.717, 1.165) is 12.8 Å². The molecule has 2 rings (SSSR count). The minimum atomic E-state index is -0.782. The van der Waals surface area contributed by atoms with E-state index >= 15 is 0 Å². The van der Waals surface area contributed by atoms with Gasteiger partial charge in [0.25, 0.3) is 0 Å². The van der Waals surface area contributed by atoms with Crippen molar-refractivity contribution < 1.29 is 19.5 Å². The van der Waals surface area contributed by atoms with Crippen molar-refractivity contribution in [3.8, 4) is 0 Å². The van der Waals surface area contributed by atoms with Gasteiger partial charge in [0.1, 0.15) is 0 Å². The number of carbonyl (C=O) groups is 3. The molecule has 0 spiro atoms. The molecular weight excluding hydrogens is 268 g/mol. The standard InChI is InChI=1S/C12H18N2O4S/c13-9(15)5-19-6-10(16)14-4-8-2-1-3-12(8,7-14)11(17)18/h8H,1-7H2,(H2,13,15)(H,17,18)/t8-,12+/m0/s1. The summed E-state index contributed by atoms with van der Waals surface area (Å²) in [5, 5.41) is 9.42. The van der Waals surface area contributed by atoms with Crippen LogP contribution in [0.15, 0.2) is 0 Å².